The van der Waals surface area contributed by atoms with Gasteiger partial charge in [0.05, 0.1) is 0 Å². The van der Waals surface area contributed by atoms with Crippen LogP contribution in [0.5, 0.6) is 0 Å². The smallest absolute Gasteiger partial charge is 0.329 e. The van der Waals surface area contributed by atoms with Gasteiger partial charge >= 0.3 is 5.69 Å². The van der Waals surface area contributed by atoms with E-state index in [0.29, 0.717) is 22.9 Å². The van der Waals surface area contributed by atoms with Crippen LogP contribution >= 0.6 is 11.8 Å². The molecule has 0 aromatic carbocycles. The zero-order valence-electron chi connectivity index (χ0n) is 13.1. The first-order valence-corrected chi connectivity index (χ1v) is 7.69. The molecule has 9 heteroatoms. The molecule has 0 saturated carbocycles. The summed E-state index contributed by atoms with van der Waals surface area (Å²) < 4.78 is 6.07. The number of hydrogen-bond acceptors (Lipinski definition) is 5. The van der Waals surface area contributed by atoms with E-state index in [1.165, 1.54) is 23.4 Å². The molecule has 0 unspecified atom stereocenters. The largest absolute Gasteiger partial charge is 0.332 e. The van der Waals surface area contributed by atoms with Gasteiger partial charge in [0.15, 0.2) is 21.5 Å². The van der Waals surface area contributed by atoms with Gasteiger partial charge in [-0.2, -0.15) is 0 Å². The fourth-order valence-electron chi connectivity index (χ4n) is 2.33. The lowest BCUT2D eigenvalue weighted by molar-refractivity contribution is 0.699. The first-order chi connectivity index (χ1) is 11.0. The molecule has 0 aliphatic rings. The number of nitrogens with zero attached hydrogens (tertiary/aromatic N) is 6. The maximum Gasteiger partial charge on any atom is 0.332 e. The number of aryl methyl sites for hydroxylation is 2. The van der Waals surface area contributed by atoms with Gasteiger partial charge in [-0.05, 0) is 11.8 Å². The van der Waals surface area contributed by atoms with Gasteiger partial charge in [-0.3, -0.25) is 13.9 Å². The van der Waals surface area contributed by atoms with Gasteiger partial charge in [0.2, 0.25) is 0 Å². The van der Waals surface area contributed by atoms with Crippen molar-refractivity contribution in [2.75, 3.05) is 0 Å². The van der Waals surface area contributed by atoms with Crippen molar-refractivity contribution in [1.82, 2.24) is 28.2 Å². The Kier molecular flexibility index (Phi) is 3.72. The normalized spacial score (nSPS) is 11.3. The van der Waals surface area contributed by atoms with Gasteiger partial charge in [-0.1, -0.05) is 6.08 Å². The highest BCUT2D eigenvalue weighted by atomic mass is 32.2. The SMILES string of the molecule is C=CCn1c(Sc2nccn2C)nc2c1c(=O)n(C)c(=O)n2C. The summed E-state index contributed by atoms with van der Waals surface area (Å²) >= 11 is 1.33. The van der Waals surface area contributed by atoms with Crippen molar-refractivity contribution in [2.24, 2.45) is 21.1 Å². The standard InChI is InChI=1S/C14H16N6O2S/c1-5-7-20-9-10(18(3)14(22)19(4)11(9)21)16-13(20)23-12-15-6-8-17(12)2/h5-6,8H,1,7H2,2-4H3. The molecule has 120 valence electrons. The van der Waals surface area contributed by atoms with Crippen molar-refractivity contribution in [3.63, 3.8) is 0 Å². The molecular weight excluding hydrogens is 316 g/mol. The minimum absolute atomic E-state index is 0.358. The lowest BCUT2D eigenvalue weighted by Crippen LogP contribution is -2.37. The average molecular weight is 332 g/mol. The molecule has 3 rings (SSSR count). The highest BCUT2D eigenvalue weighted by Crippen LogP contribution is 2.27. The zero-order chi connectivity index (χ0) is 16.7. The Labute approximate surface area is 135 Å². The predicted molar refractivity (Wildman–Crippen MR) is 87.7 cm³/mol. The van der Waals surface area contributed by atoms with E-state index in [-0.39, 0.29) is 5.56 Å². The predicted octanol–water partition coefficient (Wildman–Crippen LogP) is 0.504. The number of aromatic nitrogens is 6. The van der Waals surface area contributed by atoms with E-state index >= 15 is 0 Å². The summed E-state index contributed by atoms with van der Waals surface area (Å²) in [5.74, 6) is 0. The van der Waals surface area contributed by atoms with Crippen molar-refractivity contribution in [1.29, 1.82) is 0 Å². The van der Waals surface area contributed by atoms with Crippen LogP contribution in [0.15, 0.2) is 45.0 Å². The molecule has 3 aromatic heterocycles. The average Bonchev–Trinajstić information content (AvgIpc) is 3.09. The second-order valence-corrected chi connectivity index (χ2v) is 6.03. The van der Waals surface area contributed by atoms with Crippen molar-refractivity contribution in [3.8, 4) is 0 Å². The molecule has 23 heavy (non-hydrogen) atoms. The number of rotatable bonds is 4. The number of fused-ring (bicyclic) bond motifs is 1. The Morgan fingerprint density at radius 3 is 2.57 bits per heavy atom. The zero-order valence-corrected chi connectivity index (χ0v) is 13.9. The monoisotopic (exact) mass is 332 g/mol. The van der Waals surface area contributed by atoms with Gasteiger partial charge in [-0.15, -0.1) is 6.58 Å². The molecule has 0 N–H and O–H groups in total. The van der Waals surface area contributed by atoms with E-state index < -0.39 is 5.69 Å². The quantitative estimate of drug-likeness (QED) is 0.650. The molecule has 0 atom stereocenters. The molecule has 3 heterocycles. The molecule has 0 fully saturated rings. The molecule has 0 bridgehead atoms. The van der Waals surface area contributed by atoms with E-state index in [9.17, 15) is 9.59 Å². The van der Waals surface area contributed by atoms with Gasteiger partial charge in [0.25, 0.3) is 5.56 Å². The van der Waals surface area contributed by atoms with Gasteiger partial charge in [-0.25, -0.2) is 14.8 Å². The Bertz CT molecular complexity index is 1020. The summed E-state index contributed by atoms with van der Waals surface area (Å²) in [4.78, 5) is 33.3. The molecule has 8 nitrogen and oxygen atoms in total. The Hall–Kier alpha value is -2.55. The van der Waals surface area contributed by atoms with Gasteiger partial charge in [0, 0.05) is 40.1 Å². The van der Waals surface area contributed by atoms with E-state index in [0.717, 1.165) is 9.72 Å². The molecule has 0 radical (unpaired) electrons. The Morgan fingerprint density at radius 2 is 1.96 bits per heavy atom. The summed E-state index contributed by atoms with van der Waals surface area (Å²) in [6.07, 6.45) is 5.21. The van der Waals surface area contributed by atoms with Crippen LogP contribution in [0, 0.1) is 0 Å². The fraction of sp³-hybridized carbons (Fsp3) is 0.286. The molecule has 3 aromatic rings. The van der Waals surface area contributed by atoms with Crippen LogP contribution < -0.4 is 11.2 Å². The lowest BCUT2D eigenvalue weighted by Gasteiger charge is -2.06. The first kappa shape index (κ1) is 15.3. The van der Waals surface area contributed by atoms with E-state index in [1.807, 2.05) is 17.8 Å². The van der Waals surface area contributed by atoms with E-state index in [4.69, 9.17) is 0 Å². The van der Waals surface area contributed by atoms with Crippen molar-refractivity contribution >= 4 is 22.9 Å². The van der Waals surface area contributed by atoms with Crippen LogP contribution in [-0.4, -0.2) is 28.2 Å². The highest BCUT2D eigenvalue weighted by molar-refractivity contribution is 7.99. The second-order valence-electron chi connectivity index (χ2n) is 5.09. The summed E-state index contributed by atoms with van der Waals surface area (Å²) in [7, 11) is 4.94. The molecule has 0 amide bonds. The minimum Gasteiger partial charge on any atom is -0.329 e. The third-order valence-corrected chi connectivity index (χ3v) is 4.65. The summed E-state index contributed by atoms with van der Waals surface area (Å²) in [5, 5.41) is 1.33. The topological polar surface area (TPSA) is 79.6 Å². The van der Waals surface area contributed by atoms with Crippen molar-refractivity contribution in [3.05, 3.63) is 45.9 Å². The maximum atomic E-state index is 12.5. The van der Waals surface area contributed by atoms with Crippen LogP contribution in [-0.2, 0) is 27.7 Å². The first-order valence-electron chi connectivity index (χ1n) is 6.88. The number of imidazole rings is 2. The molecule has 0 aliphatic carbocycles. The third-order valence-electron chi connectivity index (χ3n) is 3.58. The summed E-state index contributed by atoms with van der Waals surface area (Å²) in [6, 6.07) is 0. The number of allylic oxidation sites excluding steroid dienone is 1. The van der Waals surface area contributed by atoms with Gasteiger partial charge in [0.1, 0.15) is 0 Å². The third kappa shape index (κ3) is 2.33. The van der Waals surface area contributed by atoms with Crippen LogP contribution in [0.3, 0.4) is 0 Å². The van der Waals surface area contributed by atoms with E-state index in [1.54, 1.807) is 23.9 Å². The van der Waals surface area contributed by atoms with Gasteiger partial charge < -0.3 is 9.13 Å². The molecule has 0 saturated heterocycles. The van der Waals surface area contributed by atoms with Crippen LogP contribution in [0.25, 0.3) is 11.2 Å². The summed E-state index contributed by atoms with van der Waals surface area (Å²) in [5.41, 5.74) is -0.0358. The Balaban J connectivity index is 2.32. The fourth-order valence-corrected chi connectivity index (χ4v) is 3.22. The molecule has 0 aliphatic heterocycles. The Morgan fingerprint density at radius 1 is 1.22 bits per heavy atom. The molecular formula is C14H16N6O2S. The summed E-state index contributed by atoms with van der Waals surface area (Å²) in [6.45, 7) is 4.15. The van der Waals surface area contributed by atoms with E-state index in [2.05, 4.69) is 16.5 Å². The van der Waals surface area contributed by atoms with Crippen molar-refractivity contribution in [2.45, 2.75) is 16.9 Å². The second kappa shape index (κ2) is 5.58. The van der Waals surface area contributed by atoms with Crippen LogP contribution in [0.1, 0.15) is 0 Å². The lowest BCUT2D eigenvalue weighted by atomic mass is 10.5. The van der Waals surface area contributed by atoms with Crippen LogP contribution in [0.2, 0.25) is 0 Å². The molecule has 0 spiro atoms. The maximum absolute atomic E-state index is 12.5. The number of hydrogen-bond donors (Lipinski definition) is 0. The van der Waals surface area contributed by atoms with Crippen molar-refractivity contribution < 1.29 is 0 Å². The van der Waals surface area contributed by atoms with Crippen LogP contribution in [0.4, 0.5) is 0 Å². The minimum atomic E-state index is -0.403. The highest BCUT2D eigenvalue weighted by Gasteiger charge is 2.20.